The third-order valence-corrected chi connectivity index (χ3v) is 3.04. The van der Waals surface area contributed by atoms with Gasteiger partial charge in [-0.3, -0.25) is 15.1 Å². The molecule has 0 spiro atoms. The van der Waals surface area contributed by atoms with Crippen molar-refractivity contribution >= 4 is 27.4 Å². The third-order valence-electron chi connectivity index (χ3n) is 2.44. The average Bonchev–Trinajstić information content (AvgIpc) is 2.41. The Kier molecular flexibility index (Phi) is 4.40. The maximum atomic E-state index is 10.6. The van der Waals surface area contributed by atoms with Gasteiger partial charge in [0, 0.05) is 30.9 Å². The van der Waals surface area contributed by atoms with Crippen LogP contribution in [0.2, 0.25) is 0 Å². The highest BCUT2D eigenvalue weighted by Crippen LogP contribution is 2.24. The summed E-state index contributed by atoms with van der Waals surface area (Å²) in [5.41, 5.74) is 0.940. The van der Waals surface area contributed by atoms with E-state index in [0.717, 1.165) is 12.1 Å². The first kappa shape index (κ1) is 13.4. The molecule has 0 amide bonds. The van der Waals surface area contributed by atoms with Crippen LogP contribution in [0.3, 0.4) is 0 Å². The van der Waals surface area contributed by atoms with E-state index < -0.39 is 4.92 Å². The number of anilines is 1. The molecule has 0 bridgehead atoms. The second kappa shape index (κ2) is 6.24. The van der Waals surface area contributed by atoms with E-state index in [2.05, 4.69) is 31.2 Å². The summed E-state index contributed by atoms with van der Waals surface area (Å²) in [5, 5.41) is 13.7. The Morgan fingerprint density at radius 1 is 1.37 bits per heavy atom. The quantitative estimate of drug-likeness (QED) is 0.676. The van der Waals surface area contributed by atoms with Crippen molar-refractivity contribution in [2.45, 2.75) is 6.42 Å². The summed E-state index contributed by atoms with van der Waals surface area (Å²) >= 11 is 3.26. The van der Waals surface area contributed by atoms with Gasteiger partial charge in [0.05, 0.1) is 9.40 Å². The lowest BCUT2D eigenvalue weighted by Gasteiger charge is -2.06. The standard InChI is InChI=1S/C12H11BrN4O2/c13-11-7-10(17(18)19)8-16-12(11)15-6-4-9-3-1-2-5-14-9/h1-3,5,7-8H,4,6H2,(H,15,16). The van der Waals surface area contributed by atoms with Gasteiger partial charge in [-0.2, -0.15) is 0 Å². The van der Waals surface area contributed by atoms with Crippen LogP contribution in [-0.4, -0.2) is 21.4 Å². The Labute approximate surface area is 118 Å². The fourth-order valence-corrected chi connectivity index (χ4v) is 1.99. The van der Waals surface area contributed by atoms with Crippen LogP contribution >= 0.6 is 15.9 Å². The zero-order valence-corrected chi connectivity index (χ0v) is 11.5. The van der Waals surface area contributed by atoms with E-state index in [9.17, 15) is 10.1 Å². The summed E-state index contributed by atoms with van der Waals surface area (Å²) in [6.07, 6.45) is 3.73. The molecule has 0 aromatic carbocycles. The summed E-state index contributed by atoms with van der Waals surface area (Å²) in [6, 6.07) is 7.17. The zero-order chi connectivity index (χ0) is 13.7. The Bertz CT molecular complexity index is 577. The van der Waals surface area contributed by atoms with E-state index in [4.69, 9.17) is 0 Å². The molecule has 2 aromatic heterocycles. The molecule has 19 heavy (non-hydrogen) atoms. The van der Waals surface area contributed by atoms with E-state index in [1.54, 1.807) is 6.20 Å². The second-order valence-corrected chi connectivity index (χ2v) is 4.63. The lowest BCUT2D eigenvalue weighted by Crippen LogP contribution is -2.08. The number of halogens is 1. The largest absolute Gasteiger partial charge is 0.369 e. The third kappa shape index (κ3) is 3.72. The molecule has 0 saturated heterocycles. The molecule has 2 rings (SSSR count). The summed E-state index contributed by atoms with van der Waals surface area (Å²) in [4.78, 5) is 18.3. The molecule has 0 aliphatic carbocycles. The van der Waals surface area contributed by atoms with Crippen molar-refractivity contribution in [1.29, 1.82) is 0 Å². The van der Waals surface area contributed by atoms with Gasteiger partial charge < -0.3 is 5.32 Å². The fourth-order valence-electron chi connectivity index (χ4n) is 1.51. The van der Waals surface area contributed by atoms with Gasteiger partial charge in [-0.1, -0.05) is 6.07 Å². The minimum atomic E-state index is -0.477. The molecular formula is C12H11BrN4O2. The number of nitrogens with zero attached hydrogens (tertiary/aromatic N) is 3. The molecule has 2 aromatic rings. The van der Waals surface area contributed by atoms with Gasteiger partial charge in [0.1, 0.15) is 12.0 Å². The molecule has 7 heteroatoms. The molecule has 1 N–H and O–H groups in total. The highest BCUT2D eigenvalue weighted by Gasteiger charge is 2.10. The predicted molar refractivity (Wildman–Crippen MR) is 75.0 cm³/mol. The number of nitrogens with one attached hydrogen (secondary N) is 1. The van der Waals surface area contributed by atoms with Crippen LogP contribution in [0.25, 0.3) is 0 Å². The van der Waals surface area contributed by atoms with Crippen molar-refractivity contribution in [3.05, 3.63) is 56.9 Å². The monoisotopic (exact) mass is 322 g/mol. The van der Waals surface area contributed by atoms with Gasteiger partial charge in [-0.15, -0.1) is 0 Å². The van der Waals surface area contributed by atoms with Crippen LogP contribution in [0, 0.1) is 10.1 Å². The number of rotatable bonds is 5. The van der Waals surface area contributed by atoms with Gasteiger partial charge >= 0.3 is 0 Å². The topological polar surface area (TPSA) is 81.0 Å². The van der Waals surface area contributed by atoms with Crippen molar-refractivity contribution < 1.29 is 4.92 Å². The normalized spacial score (nSPS) is 10.2. The van der Waals surface area contributed by atoms with Crippen molar-refractivity contribution in [1.82, 2.24) is 9.97 Å². The summed E-state index contributed by atoms with van der Waals surface area (Å²) in [5.74, 6) is 0.585. The van der Waals surface area contributed by atoms with Gasteiger partial charge in [0.2, 0.25) is 0 Å². The highest BCUT2D eigenvalue weighted by atomic mass is 79.9. The molecule has 0 aliphatic rings. The maximum absolute atomic E-state index is 10.6. The van der Waals surface area contributed by atoms with Gasteiger partial charge in [0.15, 0.2) is 0 Å². The Morgan fingerprint density at radius 3 is 2.84 bits per heavy atom. The van der Waals surface area contributed by atoms with Gasteiger partial charge in [-0.25, -0.2) is 4.98 Å². The predicted octanol–water partition coefficient (Wildman–Crippen LogP) is 2.80. The number of aromatic nitrogens is 2. The van der Waals surface area contributed by atoms with E-state index >= 15 is 0 Å². The molecule has 0 radical (unpaired) electrons. The van der Waals surface area contributed by atoms with E-state index in [-0.39, 0.29) is 5.69 Å². The van der Waals surface area contributed by atoms with E-state index in [0.29, 0.717) is 16.8 Å². The molecule has 0 fully saturated rings. The zero-order valence-electron chi connectivity index (χ0n) is 9.91. The molecular weight excluding hydrogens is 312 g/mol. The molecule has 98 valence electrons. The number of pyridine rings is 2. The SMILES string of the molecule is O=[N+]([O-])c1cnc(NCCc2ccccn2)c(Br)c1. The van der Waals surface area contributed by atoms with E-state index in [1.807, 2.05) is 18.2 Å². The minimum Gasteiger partial charge on any atom is -0.369 e. The van der Waals surface area contributed by atoms with E-state index in [1.165, 1.54) is 12.3 Å². The Morgan fingerprint density at radius 2 is 2.21 bits per heavy atom. The van der Waals surface area contributed by atoms with Crippen LogP contribution in [-0.2, 0) is 6.42 Å². The maximum Gasteiger partial charge on any atom is 0.288 e. The number of hydrogen-bond donors (Lipinski definition) is 1. The average molecular weight is 323 g/mol. The summed E-state index contributed by atoms with van der Waals surface area (Å²) in [7, 11) is 0. The molecule has 2 heterocycles. The first-order valence-corrected chi connectivity index (χ1v) is 6.40. The smallest absolute Gasteiger partial charge is 0.288 e. The fraction of sp³-hybridized carbons (Fsp3) is 0.167. The summed E-state index contributed by atoms with van der Waals surface area (Å²) in [6.45, 7) is 0.653. The Balaban J connectivity index is 1.95. The molecule has 0 saturated carbocycles. The molecule has 0 aliphatic heterocycles. The van der Waals surface area contributed by atoms with Gasteiger partial charge in [0.25, 0.3) is 5.69 Å². The Hall–Kier alpha value is -2.02. The number of nitro groups is 1. The first-order chi connectivity index (χ1) is 9.16. The van der Waals surface area contributed by atoms with Crippen LogP contribution in [0.5, 0.6) is 0 Å². The van der Waals surface area contributed by atoms with Crippen molar-refractivity contribution in [3.8, 4) is 0 Å². The number of hydrogen-bond acceptors (Lipinski definition) is 5. The first-order valence-electron chi connectivity index (χ1n) is 5.60. The highest BCUT2D eigenvalue weighted by molar-refractivity contribution is 9.10. The van der Waals surface area contributed by atoms with Crippen LogP contribution in [0.4, 0.5) is 11.5 Å². The lowest BCUT2D eigenvalue weighted by molar-refractivity contribution is -0.385. The molecule has 0 atom stereocenters. The molecule has 6 nitrogen and oxygen atoms in total. The van der Waals surface area contributed by atoms with Crippen LogP contribution < -0.4 is 5.32 Å². The lowest BCUT2D eigenvalue weighted by atomic mass is 10.3. The minimum absolute atomic E-state index is 0.0397. The van der Waals surface area contributed by atoms with Crippen LogP contribution in [0.15, 0.2) is 41.1 Å². The van der Waals surface area contributed by atoms with Crippen molar-refractivity contribution in [3.63, 3.8) is 0 Å². The second-order valence-electron chi connectivity index (χ2n) is 3.78. The van der Waals surface area contributed by atoms with Gasteiger partial charge in [-0.05, 0) is 28.1 Å². The molecule has 0 unspecified atom stereocenters. The summed E-state index contributed by atoms with van der Waals surface area (Å²) < 4.78 is 0.572. The van der Waals surface area contributed by atoms with Crippen molar-refractivity contribution in [2.75, 3.05) is 11.9 Å². The van der Waals surface area contributed by atoms with Crippen molar-refractivity contribution in [2.24, 2.45) is 0 Å². The van der Waals surface area contributed by atoms with Crippen LogP contribution in [0.1, 0.15) is 5.69 Å².